The number of nitrogens with one attached hydrogen (secondary N) is 2. The third kappa shape index (κ3) is 4.33. The van der Waals surface area contributed by atoms with Crippen LogP contribution in [0.4, 0.5) is 5.69 Å². The molecular formula is C16H19N3O2S. The van der Waals surface area contributed by atoms with E-state index in [0.29, 0.717) is 35.6 Å². The third-order valence-electron chi connectivity index (χ3n) is 3.18. The maximum Gasteiger partial charge on any atom is 0.261 e. The number of carbonyl (C=O) groups is 2. The number of nitrogen functional groups attached to an aromatic ring is 1. The van der Waals surface area contributed by atoms with Crippen molar-refractivity contribution in [2.75, 3.05) is 18.8 Å². The smallest absolute Gasteiger partial charge is 0.261 e. The molecular weight excluding hydrogens is 298 g/mol. The van der Waals surface area contributed by atoms with Gasteiger partial charge in [-0.1, -0.05) is 12.1 Å². The molecule has 0 aliphatic rings. The lowest BCUT2D eigenvalue weighted by molar-refractivity contribution is 0.0952. The quantitative estimate of drug-likeness (QED) is 0.564. The topological polar surface area (TPSA) is 84.2 Å². The number of carbonyl (C=O) groups excluding carboxylic acids is 2. The number of aryl methyl sites for hydroxylation is 1. The summed E-state index contributed by atoms with van der Waals surface area (Å²) in [6, 6.07) is 8.89. The van der Waals surface area contributed by atoms with Crippen molar-refractivity contribution in [1.82, 2.24) is 10.6 Å². The molecule has 0 aliphatic carbocycles. The Balaban J connectivity index is 1.71. The van der Waals surface area contributed by atoms with Gasteiger partial charge in [-0.15, -0.1) is 11.3 Å². The Morgan fingerprint density at radius 2 is 1.86 bits per heavy atom. The largest absolute Gasteiger partial charge is 0.399 e. The maximum absolute atomic E-state index is 12.0. The summed E-state index contributed by atoms with van der Waals surface area (Å²) in [5.41, 5.74) is 7.74. The van der Waals surface area contributed by atoms with Crippen LogP contribution in [0.5, 0.6) is 0 Å². The predicted molar refractivity (Wildman–Crippen MR) is 89.2 cm³/mol. The van der Waals surface area contributed by atoms with Gasteiger partial charge in [-0.3, -0.25) is 9.59 Å². The summed E-state index contributed by atoms with van der Waals surface area (Å²) >= 11 is 1.41. The Labute approximate surface area is 133 Å². The molecule has 0 saturated carbocycles. The van der Waals surface area contributed by atoms with Gasteiger partial charge >= 0.3 is 0 Å². The van der Waals surface area contributed by atoms with Crippen molar-refractivity contribution in [2.24, 2.45) is 0 Å². The molecule has 5 nitrogen and oxygen atoms in total. The Morgan fingerprint density at radius 1 is 1.14 bits per heavy atom. The Kier molecular flexibility index (Phi) is 5.55. The molecule has 2 amide bonds. The standard InChI is InChI=1S/C16H19N3O2S/c1-11-5-6-12(17)10-13(11)15(20)18-7-3-8-19-16(21)14-4-2-9-22-14/h2,4-6,9-10H,3,7-8,17H2,1H3,(H,18,20)(H,19,21). The second kappa shape index (κ2) is 7.61. The molecule has 2 aromatic rings. The Bertz CT molecular complexity index is 653. The van der Waals surface area contributed by atoms with Gasteiger partial charge in [0.25, 0.3) is 11.8 Å². The van der Waals surface area contributed by atoms with Crippen LogP contribution < -0.4 is 16.4 Å². The normalized spacial score (nSPS) is 10.2. The van der Waals surface area contributed by atoms with Crippen LogP contribution in [-0.4, -0.2) is 24.9 Å². The molecule has 0 fully saturated rings. The zero-order valence-corrected chi connectivity index (χ0v) is 13.2. The van der Waals surface area contributed by atoms with Crippen molar-refractivity contribution >= 4 is 28.8 Å². The van der Waals surface area contributed by atoms with E-state index in [-0.39, 0.29) is 11.8 Å². The summed E-state index contributed by atoms with van der Waals surface area (Å²) in [6.07, 6.45) is 0.671. The fourth-order valence-electron chi connectivity index (χ4n) is 1.97. The minimum atomic E-state index is -0.144. The number of hydrogen-bond donors (Lipinski definition) is 3. The van der Waals surface area contributed by atoms with E-state index < -0.39 is 0 Å². The number of nitrogens with two attached hydrogens (primary N) is 1. The highest BCUT2D eigenvalue weighted by molar-refractivity contribution is 7.12. The first kappa shape index (κ1) is 16.0. The molecule has 0 bridgehead atoms. The van der Waals surface area contributed by atoms with Crippen molar-refractivity contribution in [1.29, 1.82) is 0 Å². The van der Waals surface area contributed by atoms with Gasteiger partial charge in [-0.25, -0.2) is 0 Å². The molecule has 0 aliphatic heterocycles. The lowest BCUT2D eigenvalue weighted by atomic mass is 10.1. The summed E-state index contributed by atoms with van der Waals surface area (Å²) in [7, 11) is 0. The van der Waals surface area contributed by atoms with Crippen molar-refractivity contribution < 1.29 is 9.59 Å². The maximum atomic E-state index is 12.0. The molecule has 2 rings (SSSR count). The first-order valence-electron chi connectivity index (χ1n) is 7.04. The number of thiophene rings is 1. The molecule has 0 spiro atoms. The Morgan fingerprint density at radius 3 is 2.55 bits per heavy atom. The number of hydrogen-bond acceptors (Lipinski definition) is 4. The monoisotopic (exact) mass is 317 g/mol. The van der Waals surface area contributed by atoms with Gasteiger partial charge in [-0.05, 0) is 42.5 Å². The first-order valence-corrected chi connectivity index (χ1v) is 7.92. The fourth-order valence-corrected chi connectivity index (χ4v) is 2.61. The van der Waals surface area contributed by atoms with E-state index in [1.54, 1.807) is 18.2 Å². The van der Waals surface area contributed by atoms with Gasteiger partial charge in [0.05, 0.1) is 4.88 Å². The fraction of sp³-hybridized carbons (Fsp3) is 0.250. The molecule has 0 unspecified atom stereocenters. The summed E-state index contributed by atoms with van der Waals surface area (Å²) in [5.74, 6) is -0.220. The summed E-state index contributed by atoms with van der Waals surface area (Å²) < 4.78 is 0. The zero-order chi connectivity index (χ0) is 15.9. The van der Waals surface area contributed by atoms with Crippen LogP contribution in [0.25, 0.3) is 0 Å². The van der Waals surface area contributed by atoms with Gasteiger partial charge in [0.15, 0.2) is 0 Å². The minimum Gasteiger partial charge on any atom is -0.399 e. The highest BCUT2D eigenvalue weighted by Gasteiger charge is 2.09. The average molecular weight is 317 g/mol. The molecule has 6 heteroatoms. The predicted octanol–water partition coefficient (Wildman–Crippen LogP) is 2.19. The van der Waals surface area contributed by atoms with Crippen molar-refractivity contribution in [2.45, 2.75) is 13.3 Å². The van der Waals surface area contributed by atoms with E-state index in [4.69, 9.17) is 5.73 Å². The average Bonchev–Trinajstić information content (AvgIpc) is 3.03. The van der Waals surface area contributed by atoms with Gasteiger partial charge in [0, 0.05) is 24.3 Å². The van der Waals surface area contributed by atoms with Gasteiger partial charge in [-0.2, -0.15) is 0 Å². The van der Waals surface area contributed by atoms with Crippen LogP contribution in [0.1, 0.15) is 32.0 Å². The van der Waals surface area contributed by atoms with E-state index in [9.17, 15) is 9.59 Å². The van der Waals surface area contributed by atoms with Gasteiger partial charge in [0.2, 0.25) is 0 Å². The van der Waals surface area contributed by atoms with E-state index in [2.05, 4.69) is 10.6 Å². The van der Waals surface area contributed by atoms with E-state index in [1.807, 2.05) is 24.4 Å². The minimum absolute atomic E-state index is 0.0759. The van der Waals surface area contributed by atoms with Crippen molar-refractivity contribution in [3.63, 3.8) is 0 Å². The van der Waals surface area contributed by atoms with Crippen LogP contribution in [0.3, 0.4) is 0 Å². The summed E-state index contributed by atoms with van der Waals surface area (Å²) in [5, 5.41) is 7.52. The number of amides is 2. The van der Waals surface area contributed by atoms with Crippen molar-refractivity contribution in [3.8, 4) is 0 Å². The number of anilines is 1. The SMILES string of the molecule is Cc1ccc(N)cc1C(=O)NCCCNC(=O)c1cccs1. The second-order valence-electron chi connectivity index (χ2n) is 4.92. The molecule has 1 heterocycles. The van der Waals surface area contributed by atoms with E-state index in [0.717, 1.165) is 5.56 Å². The van der Waals surface area contributed by atoms with Crippen LogP contribution in [0.15, 0.2) is 35.7 Å². The van der Waals surface area contributed by atoms with Crippen LogP contribution >= 0.6 is 11.3 Å². The highest BCUT2D eigenvalue weighted by atomic mass is 32.1. The molecule has 1 aromatic heterocycles. The molecule has 116 valence electrons. The summed E-state index contributed by atoms with van der Waals surface area (Å²) in [6.45, 7) is 2.89. The molecule has 0 atom stereocenters. The third-order valence-corrected chi connectivity index (χ3v) is 4.04. The Hall–Kier alpha value is -2.34. The molecule has 1 aromatic carbocycles. The van der Waals surface area contributed by atoms with Crippen LogP contribution in [0, 0.1) is 6.92 Å². The second-order valence-corrected chi connectivity index (χ2v) is 5.86. The highest BCUT2D eigenvalue weighted by Crippen LogP contribution is 2.12. The molecule has 4 N–H and O–H groups in total. The van der Waals surface area contributed by atoms with E-state index >= 15 is 0 Å². The van der Waals surface area contributed by atoms with Crippen LogP contribution in [0.2, 0.25) is 0 Å². The summed E-state index contributed by atoms with van der Waals surface area (Å²) in [4.78, 5) is 24.4. The number of rotatable bonds is 6. The van der Waals surface area contributed by atoms with Gasteiger partial charge < -0.3 is 16.4 Å². The number of benzene rings is 1. The zero-order valence-electron chi connectivity index (χ0n) is 12.4. The van der Waals surface area contributed by atoms with E-state index in [1.165, 1.54) is 11.3 Å². The van der Waals surface area contributed by atoms with Gasteiger partial charge in [0.1, 0.15) is 0 Å². The molecule has 22 heavy (non-hydrogen) atoms. The first-order chi connectivity index (χ1) is 10.6. The lowest BCUT2D eigenvalue weighted by Gasteiger charge is -2.09. The molecule has 0 saturated heterocycles. The van der Waals surface area contributed by atoms with Crippen LogP contribution in [-0.2, 0) is 0 Å². The molecule has 0 radical (unpaired) electrons. The lowest BCUT2D eigenvalue weighted by Crippen LogP contribution is -2.30. The van der Waals surface area contributed by atoms with Crippen molar-refractivity contribution in [3.05, 3.63) is 51.7 Å².